The highest BCUT2D eigenvalue weighted by atomic mass is 35.5. The summed E-state index contributed by atoms with van der Waals surface area (Å²) >= 11 is 6.41. The summed E-state index contributed by atoms with van der Waals surface area (Å²) in [6, 6.07) is 13.2. The summed E-state index contributed by atoms with van der Waals surface area (Å²) in [5.74, 6) is 4.34. The number of rotatable bonds is 5. The van der Waals surface area contributed by atoms with Crippen molar-refractivity contribution >= 4 is 18.1 Å². The molecule has 0 atom stereocenters. The fourth-order valence-corrected chi connectivity index (χ4v) is 6.42. The second kappa shape index (κ2) is 6.56. The lowest BCUT2D eigenvalue weighted by Gasteiger charge is -2.57. The van der Waals surface area contributed by atoms with Crippen molar-refractivity contribution in [2.24, 2.45) is 17.8 Å². The van der Waals surface area contributed by atoms with Gasteiger partial charge < -0.3 is 9.47 Å². The summed E-state index contributed by atoms with van der Waals surface area (Å²) in [7, 11) is 0. The average Bonchev–Trinajstić information content (AvgIpc) is 2.64. The molecule has 4 aliphatic rings. The molecule has 0 aliphatic heterocycles. The van der Waals surface area contributed by atoms with Crippen LogP contribution in [0.15, 0.2) is 42.5 Å². The van der Waals surface area contributed by atoms with Gasteiger partial charge in [-0.25, -0.2) is 0 Å². The molecular weight excluding hydrogens is 360 g/mol. The zero-order valence-electron chi connectivity index (χ0n) is 15.2. The Kier molecular flexibility index (Phi) is 4.16. The molecule has 4 heteroatoms. The van der Waals surface area contributed by atoms with E-state index in [0.29, 0.717) is 18.0 Å². The van der Waals surface area contributed by atoms with Crippen LogP contribution in [0.1, 0.15) is 44.1 Å². The zero-order valence-corrected chi connectivity index (χ0v) is 16.0. The van der Waals surface area contributed by atoms with Crippen molar-refractivity contribution in [1.82, 2.24) is 0 Å². The van der Waals surface area contributed by atoms with Crippen molar-refractivity contribution in [3.63, 3.8) is 0 Å². The number of carbonyl (C=O) groups is 1. The summed E-state index contributed by atoms with van der Waals surface area (Å²) in [4.78, 5) is 10.8. The fraction of sp³-hybridized carbons (Fsp3) is 0.435. The van der Waals surface area contributed by atoms with Gasteiger partial charge in [-0.05, 0) is 92.0 Å². The lowest BCUT2D eigenvalue weighted by molar-refractivity contribution is -0.120. The van der Waals surface area contributed by atoms with Crippen molar-refractivity contribution in [3.8, 4) is 17.2 Å². The highest BCUT2D eigenvalue weighted by Gasteiger charge is 2.52. The number of halogens is 1. The first-order valence-electron chi connectivity index (χ1n) is 9.82. The van der Waals surface area contributed by atoms with E-state index in [1.54, 1.807) is 6.07 Å². The molecule has 0 amide bonds. The Morgan fingerprint density at radius 2 is 1.52 bits per heavy atom. The Bertz CT molecular complexity index is 840. The molecule has 0 saturated heterocycles. The maximum atomic E-state index is 10.8. The molecule has 4 fully saturated rings. The number of para-hydroxylation sites is 2. The van der Waals surface area contributed by atoms with Crippen molar-refractivity contribution in [3.05, 3.63) is 53.1 Å². The number of ether oxygens (including phenoxy) is 2. The number of hydrogen-bond acceptors (Lipinski definition) is 3. The van der Waals surface area contributed by atoms with Crippen molar-refractivity contribution in [2.45, 2.75) is 43.9 Å². The molecule has 4 bridgehead atoms. The smallest absolute Gasteiger partial charge is 0.298 e. The Hall–Kier alpha value is -2.00. The fourth-order valence-electron chi connectivity index (χ4n) is 6.25. The first-order valence-corrected chi connectivity index (χ1v) is 10.2. The van der Waals surface area contributed by atoms with Crippen LogP contribution < -0.4 is 9.47 Å². The molecule has 0 spiro atoms. The first-order chi connectivity index (χ1) is 13.1. The molecule has 27 heavy (non-hydrogen) atoms. The Labute approximate surface area is 164 Å². The molecule has 140 valence electrons. The maximum Gasteiger partial charge on any atom is 0.298 e. The molecule has 2 aromatic rings. The van der Waals surface area contributed by atoms with Crippen LogP contribution in [0.2, 0.25) is 5.02 Å². The van der Waals surface area contributed by atoms with E-state index in [1.807, 2.05) is 30.3 Å². The predicted octanol–water partition coefficient (Wildman–Crippen LogP) is 6.14. The van der Waals surface area contributed by atoms with Gasteiger partial charge in [-0.2, -0.15) is 0 Å². The second-order valence-corrected chi connectivity index (χ2v) is 9.04. The van der Waals surface area contributed by atoms with Gasteiger partial charge in [0, 0.05) is 10.6 Å². The molecule has 6 rings (SSSR count). The lowest BCUT2D eigenvalue weighted by Crippen LogP contribution is -2.48. The van der Waals surface area contributed by atoms with Crippen LogP contribution in [0.25, 0.3) is 0 Å². The molecule has 3 nitrogen and oxygen atoms in total. The Balaban J connectivity index is 1.55. The average molecular weight is 383 g/mol. The third-order valence-electron chi connectivity index (χ3n) is 6.80. The molecule has 0 heterocycles. The van der Waals surface area contributed by atoms with Crippen LogP contribution in [-0.2, 0) is 10.2 Å². The van der Waals surface area contributed by atoms with E-state index >= 15 is 0 Å². The minimum atomic E-state index is 0.176. The van der Waals surface area contributed by atoms with Crippen LogP contribution >= 0.6 is 11.6 Å². The third kappa shape index (κ3) is 3.02. The molecule has 2 aromatic carbocycles. The first kappa shape index (κ1) is 17.1. The maximum absolute atomic E-state index is 10.8. The topological polar surface area (TPSA) is 35.5 Å². The summed E-state index contributed by atoms with van der Waals surface area (Å²) in [5, 5.41) is 0.755. The molecule has 4 saturated carbocycles. The van der Waals surface area contributed by atoms with Gasteiger partial charge in [0.05, 0.1) is 0 Å². The Morgan fingerprint density at radius 3 is 2.15 bits per heavy atom. The van der Waals surface area contributed by atoms with Crippen LogP contribution in [0, 0.1) is 17.8 Å². The van der Waals surface area contributed by atoms with Gasteiger partial charge in [0.15, 0.2) is 11.5 Å². The number of hydrogen-bond donors (Lipinski definition) is 0. The van der Waals surface area contributed by atoms with Gasteiger partial charge in [0.1, 0.15) is 5.75 Å². The SMILES string of the molecule is O=COc1ccccc1Oc1ccc(Cl)cc1C12CC3CC(CC(C3)C1)C2. The normalized spacial score (nSPS) is 30.9. The van der Waals surface area contributed by atoms with Crippen LogP contribution in [-0.4, -0.2) is 6.47 Å². The minimum absolute atomic E-state index is 0.176. The summed E-state index contributed by atoms with van der Waals surface area (Å²) in [6.07, 6.45) is 7.90. The van der Waals surface area contributed by atoms with E-state index in [9.17, 15) is 4.79 Å². The molecule has 0 unspecified atom stereocenters. The summed E-state index contributed by atoms with van der Waals surface area (Å²) < 4.78 is 11.4. The molecule has 0 radical (unpaired) electrons. The van der Waals surface area contributed by atoms with Crippen molar-refractivity contribution in [2.75, 3.05) is 0 Å². The molecule has 0 N–H and O–H groups in total. The lowest BCUT2D eigenvalue weighted by atomic mass is 9.48. The highest BCUT2D eigenvalue weighted by Crippen LogP contribution is 2.62. The van der Waals surface area contributed by atoms with E-state index in [2.05, 4.69) is 6.07 Å². The highest BCUT2D eigenvalue weighted by molar-refractivity contribution is 6.30. The van der Waals surface area contributed by atoms with Crippen LogP contribution in [0.3, 0.4) is 0 Å². The largest absolute Gasteiger partial charge is 0.453 e. The van der Waals surface area contributed by atoms with Gasteiger partial charge in [-0.3, -0.25) is 4.79 Å². The zero-order chi connectivity index (χ0) is 18.4. The van der Waals surface area contributed by atoms with E-state index in [-0.39, 0.29) is 5.41 Å². The predicted molar refractivity (Wildman–Crippen MR) is 105 cm³/mol. The van der Waals surface area contributed by atoms with E-state index in [4.69, 9.17) is 21.1 Å². The molecular formula is C23H23ClO3. The van der Waals surface area contributed by atoms with Crippen LogP contribution in [0.4, 0.5) is 0 Å². The number of carbonyl (C=O) groups excluding carboxylic acids is 1. The van der Waals surface area contributed by atoms with Gasteiger partial charge in [0.2, 0.25) is 0 Å². The van der Waals surface area contributed by atoms with Crippen LogP contribution in [0.5, 0.6) is 17.2 Å². The molecule has 0 aromatic heterocycles. The van der Waals surface area contributed by atoms with Gasteiger partial charge in [-0.1, -0.05) is 23.7 Å². The minimum Gasteiger partial charge on any atom is -0.453 e. The standard InChI is InChI=1S/C23H23ClO3/c24-18-5-6-20(27-22-4-2-1-3-21(22)26-14-25)19(10-18)23-11-15-7-16(12-23)9-17(8-15)13-23/h1-6,10,14-17H,7-9,11-13H2. The second-order valence-electron chi connectivity index (χ2n) is 8.60. The van der Waals surface area contributed by atoms with Gasteiger partial charge >= 0.3 is 0 Å². The van der Waals surface area contributed by atoms with E-state index < -0.39 is 0 Å². The summed E-state index contributed by atoms with van der Waals surface area (Å²) in [6.45, 7) is 0.435. The molecule has 4 aliphatic carbocycles. The summed E-state index contributed by atoms with van der Waals surface area (Å²) in [5.41, 5.74) is 1.41. The van der Waals surface area contributed by atoms with E-state index in [1.165, 1.54) is 44.1 Å². The number of benzene rings is 2. The van der Waals surface area contributed by atoms with Crippen molar-refractivity contribution in [1.29, 1.82) is 0 Å². The monoisotopic (exact) mass is 382 g/mol. The van der Waals surface area contributed by atoms with Gasteiger partial charge in [-0.15, -0.1) is 0 Å². The Morgan fingerprint density at radius 1 is 0.889 bits per heavy atom. The third-order valence-corrected chi connectivity index (χ3v) is 7.03. The van der Waals surface area contributed by atoms with E-state index in [0.717, 1.165) is 28.5 Å². The van der Waals surface area contributed by atoms with Gasteiger partial charge in [0.25, 0.3) is 6.47 Å². The van der Waals surface area contributed by atoms with Crippen molar-refractivity contribution < 1.29 is 14.3 Å². The quantitative estimate of drug-likeness (QED) is 0.583.